The summed E-state index contributed by atoms with van der Waals surface area (Å²) in [5.74, 6) is -0.0592. The van der Waals surface area contributed by atoms with Crippen molar-refractivity contribution in [2.45, 2.75) is 18.9 Å². The van der Waals surface area contributed by atoms with E-state index in [0.29, 0.717) is 12.2 Å². The van der Waals surface area contributed by atoms with Gasteiger partial charge >= 0.3 is 0 Å². The first kappa shape index (κ1) is 10.0. The molecule has 2 N–H and O–H groups in total. The summed E-state index contributed by atoms with van der Waals surface area (Å²) in [5.41, 5.74) is 6.01. The van der Waals surface area contributed by atoms with Crippen molar-refractivity contribution in [3.05, 3.63) is 24.3 Å². The molecule has 0 aromatic carbocycles. The largest absolute Gasteiger partial charge is 0.333 e. The van der Waals surface area contributed by atoms with E-state index in [1.54, 1.807) is 11.1 Å². The van der Waals surface area contributed by atoms with Crippen LogP contribution in [-0.4, -0.2) is 39.9 Å². The lowest BCUT2D eigenvalue weighted by Crippen LogP contribution is -2.40. The Morgan fingerprint density at radius 1 is 1.60 bits per heavy atom. The molecule has 1 aromatic rings. The molecular formula is C10H14N4O. The number of likely N-dealkylation sites (tertiary alicyclic amines) is 1. The van der Waals surface area contributed by atoms with Crippen molar-refractivity contribution in [2.75, 3.05) is 13.1 Å². The van der Waals surface area contributed by atoms with Crippen molar-refractivity contribution in [3.8, 4) is 0 Å². The first-order chi connectivity index (χ1) is 7.33. The van der Waals surface area contributed by atoms with E-state index in [4.69, 9.17) is 5.73 Å². The number of nitrogens with two attached hydrogens (primary N) is 1. The summed E-state index contributed by atoms with van der Waals surface area (Å²) in [6, 6.07) is 0.166. The summed E-state index contributed by atoms with van der Waals surface area (Å²) in [7, 11) is 0. The molecule has 0 aliphatic carbocycles. The summed E-state index contributed by atoms with van der Waals surface area (Å²) in [4.78, 5) is 21.7. The maximum atomic E-state index is 12.0. The fourth-order valence-electron chi connectivity index (χ4n) is 1.90. The number of aromatic nitrogens is 2. The van der Waals surface area contributed by atoms with Gasteiger partial charge in [0.15, 0.2) is 0 Å². The highest BCUT2D eigenvalue weighted by molar-refractivity contribution is 5.92. The normalized spacial score (nSPS) is 20.6. The number of hydrogen-bond acceptors (Lipinski definition) is 4. The van der Waals surface area contributed by atoms with E-state index >= 15 is 0 Å². The van der Waals surface area contributed by atoms with Crippen LogP contribution in [0.3, 0.4) is 0 Å². The minimum absolute atomic E-state index is 0.0592. The third-order valence-corrected chi connectivity index (χ3v) is 2.69. The van der Waals surface area contributed by atoms with Crippen LogP contribution in [-0.2, 0) is 0 Å². The Labute approximate surface area is 88.3 Å². The van der Waals surface area contributed by atoms with E-state index in [9.17, 15) is 4.79 Å². The molecule has 80 valence electrons. The van der Waals surface area contributed by atoms with Gasteiger partial charge in [-0.3, -0.25) is 9.78 Å². The monoisotopic (exact) mass is 206 g/mol. The minimum atomic E-state index is -0.0592. The molecule has 1 saturated heterocycles. The number of carbonyl (C=O) groups is 1. The average molecular weight is 206 g/mol. The van der Waals surface area contributed by atoms with Crippen molar-refractivity contribution in [3.63, 3.8) is 0 Å². The van der Waals surface area contributed by atoms with Gasteiger partial charge in [-0.2, -0.15) is 0 Å². The summed E-state index contributed by atoms with van der Waals surface area (Å²) < 4.78 is 0. The maximum absolute atomic E-state index is 12.0. The Morgan fingerprint density at radius 3 is 3.13 bits per heavy atom. The van der Waals surface area contributed by atoms with E-state index in [-0.39, 0.29) is 11.9 Å². The maximum Gasteiger partial charge on any atom is 0.274 e. The topological polar surface area (TPSA) is 72.1 Å². The molecule has 2 rings (SSSR count). The van der Waals surface area contributed by atoms with Crippen molar-refractivity contribution in [1.29, 1.82) is 0 Å². The van der Waals surface area contributed by atoms with E-state index < -0.39 is 0 Å². The molecule has 5 nitrogen and oxygen atoms in total. The lowest BCUT2D eigenvalue weighted by Gasteiger charge is -2.22. The predicted octanol–water partition coefficient (Wildman–Crippen LogP) is 0.0399. The SMILES string of the molecule is NC[C@H]1CCCN1C(=O)c1cnccn1. The van der Waals surface area contributed by atoms with E-state index in [1.807, 2.05) is 0 Å². The Balaban J connectivity index is 2.14. The summed E-state index contributed by atoms with van der Waals surface area (Å²) >= 11 is 0. The fourth-order valence-corrected chi connectivity index (χ4v) is 1.90. The van der Waals surface area contributed by atoms with E-state index in [1.165, 1.54) is 12.4 Å². The number of amides is 1. The zero-order valence-corrected chi connectivity index (χ0v) is 8.47. The van der Waals surface area contributed by atoms with Gasteiger partial charge in [-0.25, -0.2) is 4.98 Å². The molecule has 0 radical (unpaired) electrons. The highest BCUT2D eigenvalue weighted by Gasteiger charge is 2.28. The zero-order chi connectivity index (χ0) is 10.7. The number of nitrogens with zero attached hydrogens (tertiary/aromatic N) is 3. The van der Waals surface area contributed by atoms with Gasteiger partial charge in [-0.1, -0.05) is 0 Å². The highest BCUT2D eigenvalue weighted by atomic mass is 16.2. The number of hydrogen-bond donors (Lipinski definition) is 1. The van der Waals surface area contributed by atoms with Crippen LogP contribution in [0.25, 0.3) is 0 Å². The molecule has 2 heterocycles. The summed E-state index contributed by atoms with van der Waals surface area (Å²) in [5, 5.41) is 0. The Kier molecular flexibility index (Phi) is 2.91. The van der Waals surface area contributed by atoms with Crippen LogP contribution in [0, 0.1) is 0 Å². The van der Waals surface area contributed by atoms with Crippen LogP contribution in [0.2, 0.25) is 0 Å². The standard InChI is InChI=1S/C10H14N4O/c11-6-8-2-1-5-14(8)10(15)9-7-12-3-4-13-9/h3-4,7-8H,1-2,5-6,11H2/t8-/m1/s1. The molecule has 0 unspecified atom stereocenters. The molecule has 1 aromatic heterocycles. The molecule has 0 bridgehead atoms. The smallest absolute Gasteiger partial charge is 0.274 e. The molecule has 1 aliphatic heterocycles. The summed E-state index contributed by atoms with van der Waals surface area (Å²) in [6.45, 7) is 1.29. The van der Waals surface area contributed by atoms with Crippen LogP contribution < -0.4 is 5.73 Å². The van der Waals surface area contributed by atoms with Crippen molar-refractivity contribution in [2.24, 2.45) is 5.73 Å². The molecule has 0 saturated carbocycles. The Morgan fingerprint density at radius 2 is 2.47 bits per heavy atom. The van der Waals surface area contributed by atoms with Crippen molar-refractivity contribution < 1.29 is 4.79 Å². The van der Waals surface area contributed by atoms with Crippen LogP contribution in [0.1, 0.15) is 23.3 Å². The van der Waals surface area contributed by atoms with Crippen LogP contribution in [0.4, 0.5) is 0 Å². The Bertz CT molecular complexity index is 341. The Hall–Kier alpha value is -1.49. The van der Waals surface area contributed by atoms with Gasteiger partial charge in [0.25, 0.3) is 5.91 Å². The number of rotatable bonds is 2. The lowest BCUT2D eigenvalue weighted by molar-refractivity contribution is 0.0735. The van der Waals surface area contributed by atoms with Gasteiger partial charge in [0.1, 0.15) is 5.69 Å². The average Bonchev–Trinajstić information content (AvgIpc) is 2.77. The zero-order valence-electron chi connectivity index (χ0n) is 8.47. The van der Waals surface area contributed by atoms with Crippen molar-refractivity contribution in [1.82, 2.24) is 14.9 Å². The fraction of sp³-hybridized carbons (Fsp3) is 0.500. The molecule has 0 spiro atoms. The lowest BCUT2D eigenvalue weighted by atomic mass is 10.2. The first-order valence-corrected chi connectivity index (χ1v) is 5.10. The highest BCUT2D eigenvalue weighted by Crippen LogP contribution is 2.17. The second-order valence-corrected chi connectivity index (χ2v) is 3.62. The van der Waals surface area contributed by atoms with E-state index in [0.717, 1.165) is 19.4 Å². The van der Waals surface area contributed by atoms with Gasteiger partial charge in [-0.15, -0.1) is 0 Å². The first-order valence-electron chi connectivity index (χ1n) is 5.10. The summed E-state index contributed by atoms with van der Waals surface area (Å²) in [6.07, 6.45) is 6.59. The minimum Gasteiger partial charge on any atom is -0.333 e. The van der Waals surface area contributed by atoms with Crippen LogP contribution in [0.15, 0.2) is 18.6 Å². The van der Waals surface area contributed by atoms with Crippen LogP contribution in [0.5, 0.6) is 0 Å². The van der Waals surface area contributed by atoms with Gasteiger partial charge < -0.3 is 10.6 Å². The third kappa shape index (κ3) is 1.97. The van der Waals surface area contributed by atoms with Crippen LogP contribution >= 0.6 is 0 Å². The van der Waals surface area contributed by atoms with Crippen molar-refractivity contribution >= 4 is 5.91 Å². The van der Waals surface area contributed by atoms with Gasteiger partial charge in [0.05, 0.1) is 6.20 Å². The third-order valence-electron chi connectivity index (χ3n) is 2.69. The second kappa shape index (κ2) is 4.35. The molecule has 5 heteroatoms. The molecule has 1 amide bonds. The van der Waals surface area contributed by atoms with Gasteiger partial charge in [-0.05, 0) is 12.8 Å². The molecule has 1 atom stereocenters. The number of carbonyl (C=O) groups excluding carboxylic acids is 1. The molecular weight excluding hydrogens is 192 g/mol. The van der Waals surface area contributed by atoms with E-state index in [2.05, 4.69) is 9.97 Å². The molecule has 1 fully saturated rings. The molecule has 1 aliphatic rings. The predicted molar refractivity (Wildman–Crippen MR) is 55.1 cm³/mol. The molecule has 15 heavy (non-hydrogen) atoms. The van der Waals surface area contributed by atoms with Gasteiger partial charge in [0, 0.05) is 31.5 Å². The quantitative estimate of drug-likeness (QED) is 0.741. The van der Waals surface area contributed by atoms with Gasteiger partial charge in [0.2, 0.25) is 0 Å². The second-order valence-electron chi connectivity index (χ2n) is 3.62.